The number of rotatable bonds is 4. The van der Waals surface area contributed by atoms with Gasteiger partial charge in [-0.05, 0) is 19.9 Å². The van der Waals surface area contributed by atoms with Crippen LogP contribution in [0, 0.1) is 6.92 Å². The van der Waals surface area contributed by atoms with Gasteiger partial charge in [0, 0.05) is 5.69 Å². The number of aromatic nitrogens is 1. The molecule has 5 nitrogen and oxygen atoms in total. The van der Waals surface area contributed by atoms with Gasteiger partial charge in [-0.15, -0.1) is 0 Å². The third-order valence-corrected chi connectivity index (χ3v) is 2.00. The van der Waals surface area contributed by atoms with Crippen LogP contribution in [0.3, 0.4) is 0 Å². The zero-order chi connectivity index (χ0) is 11.4. The van der Waals surface area contributed by atoms with Crippen molar-refractivity contribution in [3.8, 4) is 0 Å². The van der Waals surface area contributed by atoms with E-state index < -0.39 is 5.97 Å². The average Bonchev–Trinajstić information content (AvgIpc) is 2.59. The monoisotopic (exact) mass is 210 g/mol. The summed E-state index contributed by atoms with van der Waals surface area (Å²) in [6.45, 7) is 3.66. The Bertz CT molecular complexity index is 382. The summed E-state index contributed by atoms with van der Waals surface area (Å²) < 4.78 is 4.83. The first kappa shape index (κ1) is 11.5. The van der Waals surface area contributed by atoms with Crippen LogP contribution < -0.4 is 5.73 Å². The smallest absolute Gasteiger partial charge is 0.339 e. The number of nitrogens with two attached hydrogens (primary N) is 1. The van der Waals surface area contributed by atoms with Crippen LogP contribution in [0.2, 0.25) is 0 Å². The molecule has 0 bridgehead atoms. The van der Waals surface area contributed by atoms with Gasteiger partial charge in [0.15, 0.2) is 5.78 Å². The van der Waals surface area contributed by atoms with Gasteiger partial charge < -0.3 is 15.5 Å². The molecule has 0 saturated carbocycles. The van der Waals surface area contributed by atoms with Gasteiger partial charge in [0.25, 0.3) is 0 Å². The number of esters is 1. The van der Waals surface area contributed by atoms with Gasteiger partial charge in [-0.3, -0.25) is 4.79 Å². The maximum absolute atomic E-state index is 11.4. The van der Waals surface area contributed by atoms with Crippen LogP contribution >= 0.6 is 0 Å². The molecule has 0 radical (unpaired) electrons. The summed E-state index contributed by atoms with van der Waals surface area (Å²) >= 11 is 0. The summed E-state index contributed by atoms with van der Waals surface area (Å²) in [5, 5.41) is 0. The normalized spacial score (nSPS) is 10.1. The highest BCUT2D eigenvalue weighted by Crippen LogP contribution is 2.11. The Morgan fingerprint density at radius 3 is 2.73 bits per heavy atom. The van der Waals surface area contributed by atoms with E-state index in [4.69, 9.17) is 10.5 Å². The van der Waals surface area contributed by atoms with E-state index in [-0.39, 0.29) is 12.3 Å². The van der Waals surface area contributed by atoms with Crippen LogP contribution in [0.1, 0.15) is 33.5 Å². The van der Waals surface area contributed by atoms with Crippen molar-refractivity contribution in [1.29, 1.82) is 0 Å². The number of hydrogen-bond acceptors (Lipinski definition) is 4. The van der Waals surface area contributed by atoms with Crippen molar-refractivity contribution in [2.24, 2.45) is 5.73 Å². The van der Waals surface area contributed by atoms with Crippen molar-refractivity contribution in [2.45, 2.75) is 13.8 Å². The molecule has 0 spiro atoms. The maximum atomic E-state index is 11.4. The molecule has 1 aromatic heterocycles. The number of carbonyl (C=O) groups is 2. The second-order valence-corrected chi connectivity index (χ2v) is 3.07. The predicted octanol–water partition coefficient (Wildman–Crippen LogP) is 0.641. The predicted molar refractivity (Wildman–Crippen MR) is 54.9 cm³/mol. The first-order valence-electron chi connectivity index (χ1n) is 4.70. The van der Waals surface area contributed by atoms with Crippen molar-refractivity contribution < 1.29 is 14.3 Å². The van der Waals surface area contributed by atoms with E-state index in [2.05, 4.69) is 4.98 Å². The van der Waals surface area contributed by atoms with Crippen molar-refractivity contribution in [3.05, 3.63) is 23.0 Å². The Balaban J connectivity index is 2.96. The molecule has 82 valence electrons. The number of aromatic amines is 1. The molecule has 1 aromatic rings. The fraction of sp³-hybridized carbons (Fsp3) is 0.400. The largest absolute Gasteiger partial charge is 0.462 e. The number of Topliss-reactive ketones (excluding diaryl/α,β-unsaturated/α-hetero) is 1. The third-order valence-electron chi connectivity index (χ3n) is 2.00. The SMILES string of the molecule is CCOC(=O)c1cc(C(=O)CN)[nH]c1C. The van der Waals surface area contributed by atoms with E-state index in [0.29, 0.717) is 23.6 Å². The lowest BCUT2D eigenvalue weighted by Gasteiger charge is -1.98. The van der Waals surface area contributed by atoms with E-state index >= 15 is 0 Å². The molecule has 0 unspecified atom stereocenters. The maximum Gasteiger partial charge on any atom is 0.339 e. The minimum Gasteiger partial charge on any atom is -0.462 e. The fourth-order valence-electron chi connectivity index (χ4n) is 1.24. The van der Waals surface area contributed by atoms with Gasteiger partial charge in [0.2, 0.25) is 0 Å². The molecule has 0 fully saturated rings. The van der Waals surface area contributed by atoms with Crippen LogP contribution in [0.15, 0.2) is 6.07 Å². The van der Waals surface area contributed by atoms with Crippen LogP contribution in [-0.4, -0.2) is 29.9 Å². The van der Waals surface area contributed by atoms with E-state index in [1.54, 1.807) is 13.8 Å². The molecule has 0 atom stereocenters. The number of hydrogen-bond donors (Lipinski definition) is 2. The molecular formula is C10H14N2O3. The minimum atomic E-state index is -0.428. The molecule has 1 heterocycles. The molecule has 1 rings (SSSR count). The number of H-pyrrole nitrogens is 1. The van der Waals surface area contributed by atoms with Gasteiger partial charge in [-0.25, -0.2) is 4.79 Å². The molecule has 0 amide bonds. The first-order chi connectivity index (χ1) is 7.10. The van der Waals surface area contributed by atoms with Crippen molar-refractivity contribution in [2.75, 3.05) is 13.2 Å². The fourth-order valence-corrected chi connectivity index (χ4v) is 1.24. The number of ketones is 1. The average molecular weight is 210 g/mol. The van der Waals surface area contributed by atoms with Gasteiger partial charge >= 0.3 is 5.97 Å². The summed E-state index contributed by atoms with van der Waals surface area (Å²) in [6.07, 6.45) is 0. The number of carbonyl (C=O) groups excluding carboxylic acids is 2. The second kappa shape index (κ2) is 4.75. The zero-order valence-corrected chi connectivity index (χ0v) is 8.79. The number of nitrogens with one attached hydrogen (secondary N) is 1. The third kappa shape index (κ3) is 2.44. The highest BCUT2D eigenvalue weighted by atomic mass is 16.5. The Labute approximate surface area is 87.6 Å². The van der Waals surface area contributed by atoms with E-state index in [1.165, 1.54) is 6.07 Å². The van der Waals surface area contributed by atoms with Crippen LogP contribution in [0.25, 0.3) is 0 Å². The first-order valence-corrected chi connectivity index (χ1v) is 4.70. The van der Waals surface area contributed by atoms with Crippen LogP contribution in [0.4, 0.5) is 0 Å². The van der Waals surface area contributed by atoms with Gasteiger partial charge in [0.1, 0.15) is 0 Å². The Morgan fingerprint density at radius 2 is 2.20 bits per heavy atom. The minimum absolute atomic E-state index is 0.0811. The Hall–Kier alpha value is -1.62. The van der Waals surface area contributed by atoms with Gasteiger partial charge in [0.05, 0.1) is 24.4 Å². The highest BCUT2D eigenvalue weighted by Gasteiger charge is 2.16. The Kier molecular flexibility index (Phi) is 3.62. The standard InChI is InChI=1S/C10H14N2O3/c1-3-15-10(14)7-4-8(9(13)5-11)12-6(7)2/h4,12H,3,5,11H2,1-2H3. The molecule has 3 N–H and O–H groups in total. The van der Waals surface area contributed by atoms with E-state index in [9.17, 15) is 9.59 Å². The lowest BCUT2D eigenvalue weighted by atomic mass is 10.2. The topological polar surface area (TPSA) is 85.2 Å². The molecule has 0 aromatic carbocycles. The molecular weight excluding hydrogens is 196 g/mol. The zero-order valence-electron chi connectivity index (χ0n) is 8.79. The molecule has 0 saturated heterocycles. The quantitative estimate of drug-likeness (QED) is 0.564. The summed E-state index contributed by atoms with van der Waals surface area (Å²) in [5.74, 6) is -0.657. The molecule has 5 heteroatoms. The molecule has 0 aliphatic rings. The molecule has 0 aliphatic carbocycles. The molecule has 15 heavy (non-hydrogen) atoms. The van der Waals surface area contributed by atoms with Crippen LogP contribution in [0.5, 0.6) is 0 Å². The lowest BCUT2D eigenvalue weighted by molar-refractivity contribution is 0.0525. The van der Waals surface area contributed by atoms with Gasteiger partial charge in [-0.2, -0.15) is 0 Å². The summed E-state index contributed by atoms with van der Waals surface area (Å²) in [7, 11) is 0. The molecule has 0 aliphatic heterocycles. The second-order valence-electron chi connectivity index (χ2n) is 3.07. The highest BCUT2D eigenvalue weighted by molar-refractivity contribution is 5.99. The van der Waals surface area contributed by atoms with Gasteiger partial charge in [-0.1, -0.05) is 0 Å². The van der Waals surface area contributed by atoms with Crippen molar-refractivity contribution in [3.63, 3.8) is 0 Å². The van der Waals surface area contributed by atoms with Crippen molar-refractivity contribution in [1.82, 2.24) is 4.98 Å². The van der Waals surface area contributed by atoms with Crippen molar-refractivity contribution >= 4 is 11.8 Å². The summed E-state index contributed by atoms with van der Waals surface area (Å²) in [5.41, 5.74) is 6.56. The Morgan fingerprint density at radius 1 is 1.53 bits per heavy atom. The number of ether oxygens (including phenoxy) is 1. The summed E-state index contributed by atoms with van der Waals surface area (Å²) in [4.78, 5) is 25.5. The summed E-state index contributed by atoms with van der Waals surface area (Å²) in [6, 6.07) is 1.47. The van der Waals surface area contributed by atoms with E-state index in [1.807, 2.05) is 0 Å². The number of aryl methyl sites for hydroxylation is 1. The van der Waals surface area contributed by atoms with Crippen LogP contribution in [-0.2, 0) is 4.74 Å². The van der Waals surface area contributed by atoms with E-state index in [0.717, 1.165) is 0 Å². The lowest BCUT2D eigenvalue weighted by Crippen LogP contribution is -2.13.